The summed E-state index contributed by atoms with van der Waals surface area (Å²) in [6.07, 6.45) is 2.36. The number of hydrogen-bond donors (Lipinski definition) is 1. The molecule has 0 spiro atoms. The summed E-state index contributed by atoms with van der Waals surface area (Å²) in [5.74, 6) is -1.06. The first kappa shape index (κ1) is 23.9. The Balaban J connectivity index is 1.32. The van der Waals surface area contributed by atoms with Crippen LogP contribution in [0.15, 0.2) is 54.6 Å². The molecule has 34 heavy (non-hydrogen) atoms. The van der Waals surface area contributed by atoms with E-state index < -0.39 is 23.9 Å². The minimum Gasteiger partial charge on any atom is -0.445 e. The molecule has 2 aromatic rings. The van der Waals surface area contributed by atoms with Gasteiger partial charge in [-0.25, -0.2) is 4.79 Å². The van der Waals surface area contributed by atoms with Gasteiger partial charge in [0, 0.05) is 6.61 Å². The zero-order valence-electron chi connectivity index (χ0n) is 18.8. The lowest BCUT2D eigenvalue weighted by Crippen LogP contribution is -2.42. The van der Waals surface area contributed by atoms with Gasteiger partial charge in [-0.2, -0.15) is 0 Å². The highest BCUT2D eigenvalue weighted by atomic mass is 16.7. The van der Waals surface area contributed by atoms with E-state index in [0.29, 0.717) is 19.6 Å². The molecule has 0 saturated carbocycles. The minimum atomic E-state index is -0.631. The third-order valence-corrected chi connectivity index (χ3v) is 5.60. The number of nitrogens with one attached hydrogen (secondary N) is 1. The molecular weight excluding hydrogens is 440 g/mol. The average Bonchev–Trinajstić information content (AvgIpc) is 3.12. The Morgan fingerprint density at radius 1 is 1.03 bits per heavy atom. The maximum Gasteiger partial charge on any atom is 0.407 e. The molecule has 0 aromatic heterocycles. The van der Waals surface area contributed by atoms with Gasteiger partial charge in [-0.15, -0.1) is 5.06 Å². The second-order valence-electron chi connectivity index (χ2n) is 8.10. The van der Waals surface area contributed by atoms with Crippen molar-refractivity contribution in [1.29, 1.82) is 0 Å². The second kappa shape index (κ2) is 11.7. The SMILES string of the molecule is O=C(NC(CCOC1CCCCO1)CON1C(=O)c2ccccc2C1=O)OCc1ccccc1. The van der Waals surface area contributed by atoms with E-state index in [9.17, 15) is 14.4 Å². The highest BCUT2D eigenvalue weighted by molar-refractivity contribution is 6.20. The van der Waals surface area contributed by atoms with Crippen molar-refractivity contribution in [3.8, 4) is 0 Å². The Hall–Kier alpha value is -3.27. The van der Waals surface area contributed by atoms with E-state index in [0.717, 1.165) is 29.9 Å². The third-order valence-electron chi connectivity index (χ3n) is 5.60. The van der Waals surface area contributed by atoms with Gasteiger partial charge in [-0.3, -0.25) is 14.4 Å². The molecule has 0 radical (unpaired) electrons. The van der Waals surface area contributed by atoms with Crippen molar-refractivity contribution in [2.24, 2.45) is 0 Å². The monoisotopic (exact) mass is 468 g/mol. The van der Waals surface area contributed by atoms with Crippen LogP contribution in [0, 0.1) is 0 Å². The van der Waals surface area contributed by atoms with Crippen molar-refractivity contribution in [3.63, 3.8) is 0 Å². The van der Waals surface area contributed by atoms with Crippen molar-refractivity contribution >= 4 is 17.9 Å². The van der Waals surface area contributed by atoms with Crippen molar-refractivity contribution < 1.29 is 33.4 Å². The molecule has 0 aliphatic carbocycles. The van der Waals surface area contributed by atoms with E-state index in [1.807, 2.05) is 30.3 Å². The van der Waals surface area contributed by atoms with E-state index >= 15 is 0 Å². The molecule has 180 valence electrons. The molecule has 1 N–H and O–H groups in total. The van der Waals surface area contributed by atoms with Gasteiger partial charge in [0.25, 0.3) is 11.8 Å². The van der Waals surface area contributed by atoms with Crippen LogP contribution in [0.3, 0.4) is 0 Å². The van der Waals surface area contributed by atoms with Crippen LogP contribution in [0.2, 0.25) is 0 Å². The van der Waals surface area contributed by atoms with Crippen LogP contribution in [0.25, 0.3) is 0 Å². The Labute approximate surface area is 197 Å². The van der Waals surface area contributed by atoms with Gasteiger partial charge in [0.1, 0.15) is 6.61 Å². The average molecular weight is 469 g/mol. The van der Waals surface area contributed by atoms with Crippen LogP contribution in [-0.2, 0) is 25.7 Å². The Morgan fingerprint density at radius 2 is 1.74 bits per heavy atom. The fraction of sp³-hybridized carbons (Fsp3) is 0.400. The summed E-state index contributed by atoms with van der Waals surface area (Å²) in [4.78, 5) is 43.0. The standard InChI is InChI=1S/C25H28N2O7/c28-23-20-10-4-5-11-21(20)24(29)27(23)34-17-19(13-15-32-22-12-6-7-14-31-22)26-25(30)33-16-18-8-2-1-3-9-18/h1-5,8-11,19,22H,6-7,12-17H2,(H,26,30). The lowest BCUT2D eigenvalue weighted by Gasteiger charge is -2.25. The predicted octanol–water partition coefficient (Wildman–Crippen LogP) is 3.44. The number of amides is 3. The van der Waals surface area contributed by atoms with E-state index in [-0.39, 0.29) is 30.6 Å². The Morgan fingerprint density at radius 3 is 2.41 bits per heavy atom. The number of hydroxylamine groups is 2. The van der Waals surface area contributed by atoms with Crippen molar-refractivity contribution in [1.82, 2.24) is 10.4 Å². The number of nitrogens with zero attached hydrogens (tertiary/aromatic N) is 1. The van der Waals surface area contributed by atoms with Crippen LogP contribution >= 0.6 is 0 Å². The number of ether oxygens (including phenoxy) is 3. The summed E-state index contributed by atoms with van der Waals surface area (Å²) in [6, 6.07) is 15.3. The van der Waals surface area contributed by atoms with Crippen molar-refractivity contribution in [2.45, 2.75) is 44.6 Å². The molecule has 2 aliphatic rings. The summed E-state index contributed by atoms with van der Waals surface area (Å²) in [5.41, 5.74) is 1.43. The third kappa shape index (κ3) is 6.19. The number of fused-ring (bicyclic) bond motifs is 1. The maximum atomic E-state index is 12.5. The topological polar surface area (TPSA) is 103 Å². The molecule has 1 saturated heterocycles. The van der Waals surface area contributed by atoms with E-state index in [1.54, 1.807) is 24.3 Å². The Kier molecular flexibility index (Phi) is 8.24. The molecule has 4 rings (SSSR count). The maximum absolute atomic E-state index is 12.5. The zero-order chi connectivity index (χ0) is 23.8. The number of carbonyl (C=O) groups excluding carboxylic acids is 3. The number of carbonyl (C=O) groups is 3. The van der Waals surface area contributed by atoms with Crippen LogP contribution < -0.4 is 5.32 Å². The highest BCUT2D eigenvalue weighted by Gasteiger charge is 2.37. The molecule has 1 fully saturated rings. The quantitative estimate of drug-likeness (QED) is 0.533. The summed E-state index contributed by atoms with van der Waals surface area (Å²) in [5, 5.41) is 3.48. The summed E-state index contributed by atoms with van der Waals surface area (Å²) in [7, 11) is 0. The van der Waals surface area contributed by atoms with Crippen molar-refractivity contribution in [3.05, 3.63) is 71.3 Å². The first-order valence-corrected chi connectivity index (χ1v) is 11.4. The summed E-state index contributed by atoms with van der Waals surface area (Å²) in [6.45, 7) is 0.979. The molecule has 9 nitrogen and oxygen atoms in total. The predicted molar refractivity (Wildman–Crippen MR) is 121 cm³/mol. The molecule has 2 unspecified atom stereocenters. The lowest BCUT2D eigenvalue weighted by molar-refractivity contribution is -0.164. The summed E-state index contributed by atoms with van der Waals surface area (Å²) < 4.78 is 16.6. The van der Waals surface area contributed by atoms with Gasteiger partial charge >= 0.3 is 6.09 Å². The first-order valence-electron chi connectivity index (χ1n) is 11.4. The zero-order valence-corrected chi connectivity index (χ0v) is 18.8. The van der Waals surface area contributed by atoms with Crippen molar-refractivity contribution in [2.75, 3.05) is 19.8 Å². The number of hydrogen-bond acceptors (Lipinski definition) is 7. The molecule has 2 aliphatic heterocycles. The van der Waals surface area contributed by atoms with Crippen LogP contribution in [0.5, 0.6) is 0 Å². The normalized spacial score (nSPS) is 18.5. The fourth-order valence-electron chi connectivity index (χ4n) is 3.76. The molecule has 2 aromatic carbocycles. The summed E-state index contributed by atoms with van der Waals surface area (Å²) >= 11 is 0. The van der Waals surface area contributed by atoms with Gasteiger partial charge in [0.2, 0.25) is 0 Å². The van der Waals surface area contributed by atoms with Crippen LogP contribution in [0.4, 0.5) is 4.79 Å². The number of rotatable bonds is 10. The van der Waals surface area contributed by atoms with E-state index in [4.69, 9.17) is 19.0 Å². The second-order valence-corrected chi connectivity index (χ2v) is 8.10. The minimum absolute atomic E-state index is 0.110. The first-order chi connectivity index (χ1) is 16.6. The van der Waals surface area contributed by atoms with Gasteiger partial charge in [0.15, 0.2) is 6.29 Å². The molecule has 9 heteroatoms. The molecule has 0 bridgehead atoms. The Bertz CT molecular complexity index is 957. The van der Waals surface area contributed by atoms with Gasteiger partial charge < -0.3 is 19.5 Å². The molecule has 2 heterocycles. The lowest BCUT2D eigenvalue weighted by atomic mass is 10.1. The molecular formula is C25H28N2O7. The van der Waals surface area contributed by atoms with Gasteiger partial charge in [0.05, 0.1) is 30.4 Å². The van der Waals surface area contributed by atoms with Crippen LogP contribution in [-0.4, -0.2) is 55.1 Å². The number of benzene rings is 2. The van der Waals surface area contributed by atoms with Gasteiger partial charge in [-0.1, -0.05) is 42.5 Å². The number of imide groups is 1. The fourth-order valence-corrected chi connectivity index (χ4v) is 3.76. The van der Waals surface area contributed by atoms with E-state index in [2.05, 4.69) is 5.32 Å². The largest absolute Gasteiger partial charge is 0.445 e. The highest BCUT2D eigenvalue weighted by Crippen LogP contribution is 2.23. The smallest absolute Gasteiger partial charge is 0.407 e. The van der Waals surface area contributed by atoms with E-state index in [1.165, 1.54) is 0 Å². The molecule has 3 amide bonds. The number of alkyl carbamates (subject to hydrolysis) is 1. The molecule has 2 atom stereocenters. The van der Waals surface area contributed by atoms with Crippen LogP contribution in [0.1, 0.15) is 52.0 Å². The van der Waals surface area contributed by atoms with Gasteiger partial charge in [-0.05, 0) is 43.4 Å².